The van der Waals surface area contributed by atoms with Gasteiger partial charge in [-0.25, -0.2) is 0 Å². The zero-order valence-electron chi connectivity index (χ0n) is 15.9. The van der Waals surface area contributed by atoms with Crippen molar-refractivity contribution in [2.24, 2.45) is 0 Å². The van der Waals surface area contributed by atoms with Gasteiger partial charge < -0.3 is 15.4 Å². The van der Waals surface area contributed by atoms with Crippen molar-refractivity contribution < 1.29 is 23.9 Å². The molecule has 1 aliphatic heterocycles. The quantitative estimate of drug-likeness (QED) is 0.512. The van der Waals surface area contributed by atoms with Crippen LogP contribution in [0.1, 0.15) is 36.6 Å². The molecule has 4 amide bonds. The van der Waals surface area contributed by atoms with Crippen molar-refractivity contribution in [2.45, 2.75) is 6.54 Å². The van der Waals surface area contributed by atoms with E-state index in [1.807, 2.05) is 0 Å². The summed E-state index contributed by atoms with van der Waals surface area (Å²) in [5, 5.41) is 5.14. The van der Waals surface area contributed by atoms with Gasteiger partial charge in [0.1, 0.15) is 0 Å². The van der Waals surface area contributed by atoms with Crippen molar-refractivity contribution in [3.8, 4) is 0 Å². The number of rotatable bonds is 8. The Morgan fingerprint density at radius 1 is 0.931 bits per heavy atom. The number of fused-ring (bicyclic) bond motifs is 1. The van der Waals surface area contributed by atoms with Crippen LogP contribution in [0.15, 0.2) is 48.5 Å². The van der Waals surface area contributed by atoms with Gasteiger partial charge in [0, 0.05) is 19.2 Å². The van der Waals surface area contributed by atoms with Gasteiger partial charge in [-0.05, 0) is 29.8 Å². The number of imide groups is 1. The van der Waals surface area contributed by atoms with Gasteiger partial charge in [0.15, 0.2) is 0 Å². The molecule has 8 nitrogen and oxygen atoms in total. The maximum absolute atomic E-state index is 12.4. The first-order valence-electron chi connectivity index (χ1n) is 9.09. The number of nitrogens with zero attached hydrogens (tertiary/aromatic N) is 1. The monoisotopic (exact) mass is 395 g/mol. The fraction of sp³-hybridized carbons (Fsp3) is 0.238. The molecule has 0 bridgehead atoms. The number of benzene rings is 2. The van der Waals surface area contributed by atoms with Crippen LogP contribution in [0.4, 0.5) is 0 Å². The summed E-state index contributed by atoms with van der Waals surface area (Å²) in [7, 11) is 1.53. The molecule has 150 valence electrons. The van der Waals surface area contributed by atoms with Crippen LogP contribution in [0, 0.1) is 0 Å². The summed E-state index contributed by atoms with van der Waals surface area (Å²) in [5.74, 6) is -1.35. The van der Waals surface area contributed by atoms with E-state index in [1.165, 1.54) is 12.0 Å². The Labute approximate surface area is 167 Å². The van der Waals surface area contributed by atoms with E-state index in [1.54, 1.807) is 48.5 Å². The summed E-state index contributed by atoms with van der Waals surface area (Å²) in [5.41, 5.74) is 1.89. The molecule has 2 aromatic rings. The summed E-state index contributed by atoms with van der Waals surface area (Å²) in [6.07, 6.45) is 0. The largest absolute Gasteiger partial charge is 0.383 e. The second kappa shape index (κ2) is 9.11. The zero-order chi connectivity index (χ0) is 20.8. The van der Waals surface area contributed by atoms with Crippen molar-refractivity contribution in [2.75, 3.05) is 26.8 Å². The molecule has 8 heteroatoms. The van der Waals surface area contributed by atoms with Crippen LogP contribution in [0.2, 0.25) is 0 Å². The lowest BCUT2D eigenvalue weighted by molar-refractivity contribution is -0.120. The van der Waals surface area contributed by atoms with E-state index in [2.05, 4.69) is 10.6 Å². The van der Waals surface area contributed by atoms with Crippen LogP contribution in [-0.4, -0.2) is 55.3 Å². The molecule has 0 aliphatic carbocycles. The fourth-order valence-electron chi connectivity index (χ4n) is 2.94. The second-order valence-electron chi connectivity index (χ2n) is 6.46. The standard InChI is InChI=1S/C21H21N3O5/c1-29-11-10-22-18(25)12-23-19(26)15-8-6-14(7-9-15)13-24-20(27)16-4-2-3-5-17(16)21(24)28/h2-9H,10-13H2,1H3,(H,22,25)(H,23,26). The topological polar surface area (TPSA) is 105 Å². The second-order valence-corrected chi connectivity index (χ2v) is 6.46. The van der Waals surface area contributed by atoms with Crippen molar-refractivity contribution >= 4 is 23.6 Å². The summed E-state index contributed by atoms with van der Waals surface area (Å²) in [4.78, 5) is 49.8. The molecule has 3 rings (SSSR count). The number of carbonyl (C=O) groups is 4. The summed E-state index contributed by atoms with van der Waals surface area (Å²) in [6, 6.07) is 13.2. The summed E-state index contributed by atoms with van der Waals surface area (Å²) < 4.78 is 4.83. The third-order valence-corrected chi connectivity index (χ3v) is 4.47. The molecule has 0 aromatic heterocycles. The first-order chi connectivity index (χ1) is 14.0. The predicted molar refractivity (Wildman–Crippen MR) is 104 cm³/mol. The molecule has 2 N–H and O–H groups in total. The molecule has 1 heterocycles. The highest BCUT2D eigenvalue weighted by molar-refractivity contribution is 6.21. The van der Waals surface area contributed by atoms with Crippen LogP contribution >= 0.6 is 0 Å². The fourth-order valence-corrected chi connectivity index (χ4v) is 2.94. The van der Waals surface area contributed by atoms with Gasteiger partial charge in [-0.2, -0.15) is 0 Å². The number of hydrogen-bond donors (Lipinski definition) is 2. The Morgan fingerprint density at radius 2 is 1.55 bits per heavy atom. The van der Waals surface area contributed by atoms with Gasteiger partial charge in [0.2, 0.25) is 5.91 Å². The molecule has 0 unspecified atom stereocenters. The molecule has 0 saturated carbocycles. The van der Waals surface area contributed by atoms with Gasteiger partial charge in [0.25, 0.3) is 17.7 Å². The Hall–Kier alpha value is -3.52. The first-order valence-corrected chi connectivity index (χ1v) is 9.09. The normalized spacial score (nSPS) is 12.7. The Kier molecular flexibility index (Phi) is 6.36. The van der Waals surface area contributed by atoms with Crippen LogP contribution in [0.25, 0.3) is 0 Å². The summed E-state index contributed by atoms with van der Waals surface area (Å²) in [6.45, 7) is 0.751. The third-order valence-electron chi connectivity index (χ3n) is 4.47. The molecule has 1 aliphatic rings. The molecular formula is C21H21N3O5. The van der Waals surface area contributed by atoms with Gasteiger partial charge >= 0.3 is 0 Å². The Morgan fingerprint density at radius 3 is 2.14 bits per heavy atom. The minimum absolute atomic E-state index is 0.121. The Balaban J connectivity index is 1.55. The van der Waals surface area contributed by atoms with Gasteiger partial charge in [-0.3, -0.25) is 24.1 Å². The minimum Gasteiger partial charge on any atom is -0.383 e. The Bertz CT molecular complexity index is 905. The highest BCUT2D eigenvalue weighted by Gasteiger charge is 2.34. The van der Waals surface area contributed by atoms with E-state index in [9.17, 15) is 19.2 Å². The molecule has 2 aromatic carbocycles. The van der Waals surface area contributed by atoms with Gasteiger partial charge in [0.05, 0.1) is 30.8 Å². The third kappa shape index (κ3) is 4.67. The highest BCUT2D eigenvalue weighted by Crippen LogP contribution is 2.24. The average Bonchev–Trinajstić information content (AvgIpc) is 2.98. The van der Waals surface area contributed by atoms with Gasteiger partial charge in [-0.1, -0.05) is 24.3 Å². The minimum atomic E-state index is -0.390. The molecule has 29 heavy (non-hydrogen) atoms. The molecule has 0 radical (unpaired) electrons. The van der Waals surface area contributed by atoms with Crippen molar-refractivity contribution in [1.29, 1.82) is 0 Å². The van der Waals surface area contributed by atoms with E-state index in [0.717, 1.165) is 0 Å². The van der Waals surface area contributed by atoms with Crippen LogP contribution in [0.5, 0.6) is 0 Å². The maximum atomic E-state index is 12.4. The zero-order valence-corrected chi connectivity index (χ0v) is 15.9. The van der Waals surface area contributed by atoms with E-state index >= 15 is 0 Å². The van der Waals surface area contributed by atoms with Crippen molar-refractivity contribution in [3.63, 3.8) is 0 Å². The average molecular weight is 395 g/mol. The lowest BCUT2D eigenvalue weighted by Gasteiger charge is -2.14. The van der Waals surface area contributed by atoms with Crippen LogP contribution in [-0.2, 0) is 16.1 Å². The van der Waals surface area contributed by atoms with E-state index in [-0.39, 0.29) is 36.7 Å². The van der Waals surface area contributed by atoms with E-state index in [4.69, 9.17) is 4.74 Å². The SMILES string of the molecule is COCCNC(=O)CNC(=O)c1ccc(CN2C(=O)c3ccccc3C2=O)cc1. The number of hydrogen-bond acceptors (Lipinski definition) is 5. The number of amides is 4. The lowest BCUT2D eigenvalue weighted by Crippen LogP contribution is -2.38. The number of ether oxygens (including phenoxy) is 1. The number of nitrogens with one attached hydrogen (secondary N) is 2. The summed E-state index contributed by atoms with van der Waals surface area (Å²) >= 11 is 0. The van der Waals surface area contributed by atoms with E-state index in [0.29, 0.717) is 35.4 Å². The molecule has 0 saturated heterocycles. The predicted octanol–water partition coefficient (Wildman–Crippen LogP) is 0.975. The molecule has 0 atom stereocenters. The molecular weight excluding hydrogens is 374 g/mol. The first kappa shape index (κ1) is 20.2. The lowest BCUT2D eigenvalue weighted by atomic mass is 10.1. The number of methoxy groups -OCH3 is 1. The molecule has 0 spiro atoms. The van der Waals surface area contributed by atoms with Crippen LogP contribution < -0.4 is 10.6 Å². The van der Waals surface area contributed by atoms with Crippen molar-refractivity contribution in [1.82, 2.24) is 15.5 Å². The van der Waals surface area contributed by atoms with E-state index < -0.39 is 0 Å². The molecule has 0 fully saturated rings. The van der Waals surface area contributed by atoms with Gasteiger partial charge in [-0.15, -0.1) is 0 Å². The maximum Gasteiger partial charge on any atom is 0.261 e. The highest BCUT2D eigenvalue weighted by atomic mass is 16.5. The van der Waals surface area contributed by atoms with Crippen LogP contribution in [0.3, 0.4) is 0 Å². The smallest absolute Gasteiger partial charge is 0.261 e. The number of carbonyl (C=O) groups excluding carboxylic acids is 4. The van der Waals surface area contributed by atoms with Crippen molar-refractivity contribution in [3.05, 3.63) is 70.8 Å².